The number of anilines is 1. The molecule has 106 valence electrons. The number of hydrogen-bond acceptors (Lipinski definition) is 5. The minimum Gasteiger partial charge on any atom is -0.465 e. The van der Waals surface area contributed by atoms with Crippen molar-refractivity contribution in [3.05, 3.63) is 17.0 Å². The second-order valence-corrected chi connectivity index (χ2v) is 5.84. The quantitative estimate of drug-likeness (QED) is 0.868. The summed E-state index contributed by atoms with van der Waals surface area (Å²) in [6, 6.07) is 2.85. The number of thiophene rings is 1. The van der Waals surface area contributed by atoms with E-state index in [0.717, 1.165) is 18.3 Å². The summed E-state index contributed by atoms with van der Waals surface area (Å²) in [5, 5.41) is 1.33. The van der Waals surface area contributed by atoms with Gasteiger partial charge in [0.15, 0.2) is 0 Å². The van der Waals surface area contributed by atoms with Gasteiger partial charge >= 0.3 is 11.5 Å². The van der Waals surface area contributed by atoms with Gasteiger partial charge in [0.05, 0.1) is 17.4 Å². The average Bonchev–Trinajstić information content (AvgIpc) is 2.74. The first-order chi connectivity index (χ1) is 8.73. The highest BCUT2D eigenvalue weighted by molar-refractivity contribution is 8.01. The highest BCUT2D eigenvalue weighted by Crippen LogP contribution is 2.34. The van der Waals surface area contributed by atoms with Crippen molar-refractivity contribution in [2.45, 2.75) is 17.7 Å². The van der Waals surface area contributed by atoms with Crippen LogP contribution in [0.4, 0.5) is 18.2 Å². The van der Waals surface area contributed by atoms with Gasteiger partial charge in [-0.1, -0.05) is 0 Å². The second kappa shape index (κ2) is 6.29. The first-order valence-electron chi connectivity index (χ1n) is 4.96. The van der Waals surface area contributed by atoms with Crippen LogP contribution in [0.2, 0.25) is 0 Å². The summed E-state index contributed by atoms with van der Waals surface area (Å²) >= 11 is 0.535. The highest BCUT2D eigenvalue weighted by Gasteiger charge is 2.34. The molecule has 0 radical (unpaired) electrons. The summed E-state index contributed by atoms with van der Waals surface area (Å²) in [6.07, 6.45) is 0. The number of methoxy groups -OCH3 is 1. The van der Waals surface area contributed by atoms with Crippen molar-refractivity contribution < 1.29 is 27.5 Å². The molecule has 0 aliphatic heterocycles. The minimum atomic E-state index is -4.47. The van der Waals surface area contributed by atoms with Crippen molar-refractivity contribution in [2.75, 3.05) is 12.4 Å². The number of hydrogen-bond donors (Lipinski definition) is 1. The number of thioether (sulfide) groups is 1. The summed E-state index contributed by atoms with van der Waals surface area (Å²) in [6.45, 7) is 1.16. The predicted molar refractivity (Wildman–Crippen MR) is 67.4 cm³/mol. The molecule has 1 rings (SSSR count). The molecule has 1 atom stereocenters. The summed E-state index contributed by atoms with van der Waals surface area (Å²) in [5.41, 5.74) is -4.47. The van der Waals surface area contributed by atoms with Crippen LogP contribution in [0.1, 0.15) is 16.6 Å². The molecule has 0 saturated heterocycles. The van der Waals surface area contributed by atoms with E-state index in [4.69, 9.17) is 0 Å². The fraction of sp³-hybridized carbons (Fsp3) is 0.400. The molecule has 1 unspecified atom stereocenters. The average molecular weight is 313 g/mol. The normalized spacial score (nSPS) is 12.9. The fourth-order valence-electron chi connectivity index (χ4n) is 1.09. The summed E-state index contributed by atoms with van der Waals surface area (Å²) in [5.74, 6) is -1.34. The maximum Gasteiger partial charge on any atom is 0.442 e. The van der Waals surface area contributed by atoms with Crippen LogP contribution in [-0.4, -0.2) is 29.7 Å². The summed E-state index contributed by atoms with van der Waals surface area (Å²) < 4.78 is 40.7. The van der Waals surface area contributed by atoms with Gasteiger partial charge in [0, 0.05) is 0 Å². The van der Waals surface area contributed by atoms with Crippen LogP contribution < -0.4 is 5.32 Å². The van der Waals surface area contributed by atoms with Crippen LogP contribution in [0.15, 0.2) is 12.1 Å². The minimum absolute atomic E-state index is 0.258. The van der Waals surface area contributed by atoms with Gasteiger partial charge in [-0.15, -0.1) is 11.3 Å². The third kappa shape index (κ3) is 5.11. The molecule has 0 fully saturated rings. The molecule has 0 bridgehead atoms. The van der Waals surface area contributed by atoms with Gasteiger partial charge in [-0.05, 0) is 30.8 Å². The molecule has 0 spiro atoms. The van der Waals surface area contributed by atoms with E-state index in [-0.39, 0.29) is 4.88 Å². The van der Waals surface area contributed by atoms with Gasteiger partial charge in [0.2, 0.25) is 5.91 Å². The largest absolute Gasteiger partial charge is 0.465 e. The number of rotatable bonds is 4. The zero-order chi connectivity index (χ0) is 14.6. The second-order valence-electron chi connectivity index (χ2n) is 3.35. The molecule has 1 aromatic rings. The van der Waals surface area contributed by atoms with Gasteiger partial charge < -0.3 is 10.1 Å². The smallest absolute Gasteiger partial charge is 0.442 e. The monoisotopic (exact) mass is 313 g/mol. The van der Waals surface area contributed by atoms with E-state index in [0.29, 0.717) is 5.00 Å². The molecule has 9 heteroatoms. The van der Waals surface area contributed by atoms with E-state index in [1.165, 1.54) is 19.2 Å². The predicted octanol–water partition coefficient (Wildman–Crippen LogP) is 3.11. The Hall–Kier alpha value is -1.22. The van der Waals surface area contributed by atoms with Gasteiger partial charge in [-0.2, -0.15) is 13.2 Å². The summed E-state index contributed by atoms with van der Waals surface area (Å²) in [4.78, 5) is 22.9. The lowest BCUT2D eigenvalue weighted by molar-refractivity contribution is -0.115. The Morgan fingerprint density at radius 1 is 1.42 bits per heavy atom. The number of esters is 1. The van der Waals surface area contributed by atoms with E-state index in [9.17, 15) is 22.8 Å². The van der Waals surface area contributed by atoms with Crippen molar-refractivity contribution >= 4 is 40.0 Å². The van der Waals surface area contributed by atoms with Crippen LogP contribution in [0, 0.1) is 0 Å². The van der Waals surface area contributed by atoms with Crippen LogP contribution >= 0.6 is 23.1 Å². The Kier molecular flexibility index (Phi) is 5.24. The Morgan fingerprint density at radius 2 is 2.05 bits per heavy atom. The van der Waals surface area contributed by atoms with Crippen molar-refractivity contribution in [2.24, 2.45) is 0 Å². The number of alkyl halides is 3. The Balaban J connectivity index is 2.62. The zero-order valence-corrected chi connectivity index (χ0v) is 11.5. The van der Waals surface area contributed by atoms with Crippen LogP contribution in [-0.2, 0) is 9.53 Å². The van der Waals surface area contributed by atoms with E-state index >= 15 is 0 Å². The topological polar surface area (TPSA) is 55.4 Å². The number of ether oxygens (including phenoxy) is 1. The number of nitrogens with one attached hydrogen (secondary N) is 1. The molecule has 1 N–H and O–H groups in total. The van der Waals surface area contributed by atoms with Crippen molar-refractivity contribution in [3.63, 3.8) is 0 Å². The Labute approximate surface area is 115 Å². The molecule has 0 aliphatic carbocycles. The molecule has 1 heterocycles. The summed E-state index contributed by atoms with van der Waals surface area (Å²) in [7, 11) is 1.21. The molecule has 19 heavy (non-hydrogen) atoms. The molecule has 1 amide bonds. The Morgan fingerprint density at radius 3 is 2.58 bits per heavy atom. The molecule has 4 nitrogen and oxygen atoms in total. The first-order valence-corrected chi connectivity index (χ1v) is 6.66. The third-order valence-electron chi connectivity index (χ3n) is 1.92. The SMILES string of the molecule is COC(=O)c1ccc(NC(=O)C(C)SC(F)(F)F)s1. The van der Waals surface area contributed by atoms with Gasteiger partial charge in [0.1, 0.15) is 4.88 Å². The maximum absolute atomic E-state index is 12.1. The van der Waals surface area contributed by atoms with Crippen LogP contribution in [0.3, 0.4) is 0 Å². The lowest BCUT2D eigenvalue weighted by atomic mass is 10.4. The van der Waals surface area contributed by atoms with Crippen LogP contribution in [0.25, 0.3) is 0 Å². The van der Waals surface area contributed by atoms with Crippen molar-refractivity contribution in [3.8, 4) is 0 Å². The lowest BCUT2D eigenvalue weighted by Crippen LogP contribution is -2.25. The van der Waals surface area contributed by atoms with Crippen LogP contribution in [0.5, 0.6) is 0 Å². The number of carbonyl (C=O) groups excluding carboxylic acids is 2. The van der Waals surface area contributed by atoms with E-state index < -0.39 is 34.4 Å². The molecular weight excluding hydrogens is 303 g/mol. The number of carbonyl (C=O) groups is 2. The van der Waals surface area contributed by atoms with Gasteiger partial charge in [-0.25, -0.2) is 4.79 Å². The maximum atomic E-state index is 12.1. The van der Waals surface area contributed by atoms with Gasteiger partial charge in [-0.3, -0.25) is 4.79 Å². The molecule has 0 aliphatic rings. The molecular formula is C10H10F3NO3S2. The molecule has 1 aromatic heterocycles. The fourth-order valence-corrected chi connectivity index (χ4v) is 2.49. The van der Waals surface area contributed by atoms with E-state index in [1.807, 2.05) is 0 Å². The number of halogens is 3. The van der Waals surface area contributed by atoms with E-state index in [1.54, 1.807) is 0 Å². The lowest BCUT2D eigenvalue weighted by Gasteiger charge is -2.12. The molecule has 0 aromatic carbocycles. The Bertz CT molecular complexity index is 473. The van der Waals surface area contributed by atoms with Gasteiger partial charge in [0.25, 0.3) is 0 Å². The standard InChI is InChI=1S/C10H10F3NO3S2/c1-5(19-10(11,12)13)8(15)14-7-4-3-6(18-7)9(16)17-2/h3-5H,1-2H3,(H,14,15). The first kappa shape index (κ1) is 15.8. The molecule has 0 saturated carbocycles. The number of amides is 1. The third-order valence-corrected chi connectivity index (χ3v) is 3.73. The zero-order valence-electron chi connectivity index (χ0n) is 9.91. The highest BCUT2D eigenvalue weighted by atomic mass is 32.2. The van der Waals surface area contributed by atoms with E-state index in [2.05, 4.69) is 10.1 Å². The van der Waals surface area contributed by atoms with Crippen molar-refractivity contribution in [1.29, 1.82) is 0 Å². The van der Waals surface area contributed by atoms with Crippen molar-refractivity contribution in [1.82, 2.24) is 0 Å².